The molecule has 1 aromatic heterocycles. The summed E-state index contributed by atoms with van der Waals surface area (Å²) in [4.78, 5) is 10.5. The largest absolute Gasteiger partial charge is 0.396 e. The van der Waals surface area contributed by atoms with Gasteiger partial charge < -0.3 is 5.11 Å². The summed E-state index contributed by atoms with van der Waals surface area (Å²) in [5.41, 5.74) is 1.41. The fraction of sp³-hybridized carbons (Fsp3) is 0.308. The fourth-order valence-corrected chi connectivity index (χ4v) is 1.79. The minimum absolute atomic E-state index is 0.0497. The molecule has 0 amide bonds. The summed E-state index contributed by atoms with van der Waals surface area (Å²) in [6, 6.07) is 6.84. The van der Waals surface area contributed by atoms with Crippen LogP contribution in [0.25, 0.3) is 0 Å². The van der Waals surface area contributed by atoms with Crippen molar-refractivity contribution in [1.82, 2.24) is 9.78 Å². The second-order valence-corrected chi connectivity index (χ2v) is 6.10. The minimum Gasteiger partial charge on any atom is -0.396 e. The molecule has 0 aliphatic rings. The molecule has 1 heterocycles. The molecule has 9 nitrogen and oxygen atoms in total. The highest BCUT2D eigenvalue weighted by molar-refractivity contribution is 7.85. The third kappa shape index (κ3) is 7.49. The van der Waals surface area contributed by atoms with Crippen LogP contribution in [0.4, 0.5) is 5.69 Å². The van der Waals surface area contributed by atoms with Gasteiger partial charge in [0.15, 0.2) is 0 Å². The molecule has 0 radical (unpaired) electrons. The van der Waals surface area contributed by atoms with Gasteiger partial charge >= 0.3 is 0 Å². The van der Waals surface area contributed by atoms with Crippen LogP contribution in [-0.2, 0) is 23.1 Å². The number of rotatable bonds is 5. The molecule has 126 valence electrons. The topological polar surface area (TPSA) is 136 Å². The number of hydrogen-bond donors (Lipinski definition) is 2. The molecule has 0 atom stereocenters. The number of nitro benzene ring substituents is 1. The average Bonchev–Trinajstić information content (AvgIpc) is 2.91. The Bertz CT molecular complexity index is 735. The zero-order valence-electron chi connectivity index (χ0n) is 12.4. The molecular weight excluding hydrogens is 326 g/mol. The number of aliphatic hydroxyl groups is 1. The highest BCUT2D eigenvalue weighted by Crippen LogP contribution is 2.21. The van der Waals surface area contributed by atoms with E-state index in [0.29, 0.717) is 24.8 Å². The van der Waals surface area contributed by atoms with Crippen molar-refractivity contribution < 1.29 is 23.0 Å². The lowest BCUT2D eigenvalue weighted by Crippen LogP contribution is -2.03. The van der Waals surface area contributed by atoms with Crippen LogP contribution in [0.1, 0.15) is 11.1 Å². The Hall–Kier alpha value is -2.30. The van der Waals surface area contributed by atoms with Crippen molar-refractivity contribution in [3.63, 3.8) is 0 Å². The van der Waals surface area contributed by atoms with Gasteiger partial charge in [0.1, 0.15) is 0 Å². The summed E-state index contributed by atoms with van der Waals surface area (Å²) < 4.78 is 27.6. The van der Waals surface area contributed by atoms with Gasteiger partial charge in [-0.25, -0.2) is 0 Å². The van der Waals surface area contributed by atoms with Gasteiger partial charge in [0.2, 0.25) is 0 Å². The predicted octanol–water partition coefficient (Wildman–Crippen LogP) is 0.878. The molecule has 0 saturated carbocycles. The van der Waals surface area contributed by atoms with E-state index in [0.717, 1.165) is 5.56 Å². The summed E-state index contributed by atoms with van der Waals surface area (Å²) in [7, 11) is -3.67. The van der Waals surface area contributed by atoms with E-state index in [9.17, 15) is 18.5 Å². The Labute approximate surface area is 133 Å². The molecule has 0 aliphatic heterocycles. The molecular formula is C13H17N3O6S. The molecule has 0 fully saturated rings. The molecule has 2 N–H and O–H groups in total. The van der Waals surface area contributed by atoms with Gasteiger partial charge in [0, 0.05) is 37.1 Å². The van der Waals surface area contributed by atoms with Crippen molar-refractivity contribution in [3.05, 3.63) is 57.9 Å². The predicted molar refractivity (Wildman–Crippen MR) is 82.7 cm³/mol. The quantitative estimate of drug-likeness (QED) is 0.467. The summed E-state index contributed by atoms with van der Waals surface area (Å²) in [5, 5.41) is 23.9. The van der Waals surface area contributed by atoms with Crippen LogP contribution < -0.4 is 0 Å². The highest BCUT2D eigenvalue weighted by Gasteiger charge is 2.14. The average molecular weight is 343 g/mol. The first-order valence-corrected chi connectivity index (χ1v) is 8.32. The van der Waals surface area contributed by atoms with Gasteiger partial charge in [-0.15, -0.1) is 0 Å². The minimum atomic E-state index is -3.67. The molecule has 10 heteroatoms. The van der Waals surface area contributed by atoms with E-state index in [1.165, 1.54) is 6.07 Å². The van der Waals surface area contributed by atoms with Crippen LogP contribution in [0, 0.1) is 10.1 Å². The molecule has 0 bridgehead atoms. The van der Waals surface area contributed by atoms with E-state index in [2.05, 4.69) is 5.10 Å². The van der Waals surface area contributed by atoms with Crippen molar-refractivity contribution in [2.75, 3.05) is 12.9 Å². The molecule has 0 unspecified atom stereocenters. The lowest BCUT2D eigenvalue weighted by atomic mass is 10.1. The van der Waals surface area contributed by atoms with Gasteiger partial charge in [-0.2, -0.15) is 13.5 Å². The Kier molecular flexibility index (Phi) is 6.82. The zero-order valence-corrected chi connectivity index (χ0v) is 13.2. The first kappa shape index (κ1) is 18.7. The number of hydrogen-bond acceptors (Lipinski definition) is 6. The SMILES string of the molecule is CS(=O)(=O)O.O=[N+]([O-])c1cc(Cn2cccn2)ccc1CCO. The van der Waals surface area contributed by atoms with E-state index in [-0.39, 0.29) is 12.3 Å². The van der Waals surface area contributed by atoms with Gasteiger partial charge in [0.05, 0.1) is 17.7 Å². The second kappa shape index (κ2) is 8.36. The lowest BCUT2D eigenvalue weighted by molar-refractivity contribution is -0.385. The highest BCUT2D eigenvalue weighted by atomic mass is 32.2. The number of benzene rings is 1. The maximum absolute atomic E-state index is 11.0. The molecule has 2 aromatic rings. The van der Waals surface area contributed by atoms with Gasteiger partial charge in [0.25, 0.3) is 15.8 Å². The van der Waals surface area contributed by atoms with Crippen LogP contribution >= 0.6 is 0 Å². The normalized spacial score (nSPS) is 10.7. The monoisotopic (exact) mass is 343 g/mol. The first-order chi connectivity index (χ1) is 10.7. The van der Waals surface area contributed by atoms with Crippen molar-refractivity contribution >= 4 is 15.8 Å². The first-order valence-electron chi connectivity index (χ1n) is 6.47. The summed E-state index contributed by atoms with van der Waals surface area (Å²) in [6.07, 6.45) is 4.47. The van der Waals surface area contributed by atoms with Gasteiger partial charge in [-0.1, -0.05) is 12.1 Å². The van der Waals surface area contributed by atoms with E-state index >= 15 is 0 Å². The van der Waals surface area contributed by atoms with Crippen molar-refractivity contribution in [2.45, 2.75) is 13.0 Å². The fourth-order valence-electron chi connectivity index (χ4n) is 1.79. The van der Waals surface area contributed by atoms with Crippen molar-refractivity contribution in [3.8, 4) is 0 Å². The molecule has 2 rings (SSSR count). The van der Waals surface area contributed by atoms with Crippen LogP contribution in [0.5, 0.6) is 0 Å². The number of aliphatic hydroxyl groups excluding tert-OH is 1. The zero-order chi connectivity index (χ0) is 17.5. The molecule has 0 aliphatic carbocycles. The Morgan fingerprint density at radius 3 is 2.52 bits per heavy atom. The molecule has 23 heavy (non-hydrogen) atoms. The lowest BCUT2D eigenvalue weighted by Gasteiger charge is -2.05. The molecule has 1 aromatic carbocycles. The third-order valence-corrected chi connectivity index (χ3v) is 2.63. The Balaban J connectivity index is 0.000000463. The Morgan fingerprint density at radius 2 is 2.04 bits per heavy atom. The molecule has 0 spiro atoms. The standard InChI is InChI=1S/C12H13N3O3.CH4O3S/c16-7-4-11-3-2-10(8-12(11)15(17)18)9-14-6-1-5-13-14;1-5(2,3)4/h1-3,5-6,8,16H,4,7,9H2;1H3,(H,2,3,4). The van der Waals surface area contributed by atoms with E-state index in [4.69, 9.17) is 9.66 Å². The van der Waals surface area contributed by atoms with Crippen LogP contribution in [-0.4, -0.2) is 45.6 Å². The number of nitro groups is 1. The van der Waals surface area contributed by atoms with E-state index in [1.54, 1.807) is 29.2 Å². The Morgan fingerprint density at radius 1 is 1.39 bits per heavy atom. The number of aromatic nitrogens is 2. The van der Waals surface area contributed by atoms with Crippen LogP contribution in [0.15, 0.2) is 36.7 Å². The maximum Gasteiger partial charge on any atom is 0.273 e. The van der Waals surface area contributed by atoms with E-state index < -0.39 is 15.0 Å². The van der Waals surface area contributed by atoms with Crippen LogP contribution in [0.2, 0.25) is 0 Å². The smallest absolute Gasteiger partial charge is 0.273 e. The van der Waals surface area contributed by atoms with Crippen LogP contribution in [0.3, 0.4) is 0 Å². The van der Waals surface area contributed by atoms with Crippen molar-refractivity contribution in [2.24, 2.45) is 0 Å². The second-order valence-electron chi connectivity index (χ2n) is 4.63. The summed E-state index contributed by atoms with van der Waals surface area (Å²) in [5.74, 6) is 0. The summed E-state index contributed by atoms with van der Waals surface area (Å²) >= 11 is 0. The summed E-state index contributed by atoms with van der Waals surface area (Å²) in [6.45, 7) is 0.395. The van der Waals surface area contributed by atoms with Gasteiger partial charge in [-0.05, 0) is 11.6 Å². The van der Waals surface area contributed by atoms with Gasteiger partial charge in [-0.3, -0.25) is 19.3 Å². The van der Waals surface area contributed by atoms with Crippen molar-refractivity contribution in [1.29, 1.82) is 0 Å². The number of nitrogens with zero attached hydrogens (tertiary/aromatic N) is 3. The maximum atomic E-state index is 11.0. The van der Waals surface area contributed by atoms with E-state index in [1.807, 2.05) is 6.07 Å². The third-order valence-electron chi connectivity index (χ3n) is 2.63. The molecule has 0 saturated heterocycles.